The first-order chi connectivity index (χ1) is 10.2. The second-order valence-corrected chi connectivity index (χ2v) is 9.49. The van der Waals surface area contributed by atoms with Crippen molar-refractivity contribution in [3.8, 4) is 0 Å². The smallest absolute Gasteiger partial charge is 0.283 e. The van der Waals surface area contributed by atoms with Crippen molar-refractivity contribution in [3.63, 3.8) is 0 Å². The van der Waals surface area contributed by atoms with E-state index in [4.69, 9.17) is 0 Å². The summed E-state index contributed by atoms with van der Waals surface area (Å²) in [6.45, 7) is 5.82. The van der Waals surface area contributed by atoms with E-state index in [0.717, 1.165) is 12.8 Å². The first kappa shape index (κ1) is 18.0. The fourth-order valence-electron chi connectivity index (χ4n) is 2.59. The zero-order valence-electron chi connectivity index (χ0n) is 14.0. The quantitative estimate of drug-likeness (QED) is 0.723. The highest BCUT2D eigenvalue weighted by Gasteiger charge is 2.45. The molecule has 0 unspecified atom stereocenters. The van der Waals surface area contributed by atoms with Crippen LogP contribution in [0.3, 0.4) is 0 Å². The molecule has 0 aromatic heterocycles. The van der Waals surface area contributed by atoms with Gasteiger partial charge in [-0.3, -0.25) is 4.79 Å². The maximum Gasteiger partial charge on any atom is 0.283 e. The normalized spacial score (nSPS) is 25.0. The van der Waals surface area contributed by atoms with Crippen molar-refractivity contribution >= 4 is 27.9 Å². The van der Waals surface area contributed by atoms with Crippen molar-refractivity contribution in [1.29, 1.82) is 0 Å². The Kier molecular flexibility index (Phi) is 5.46. The van der Waals surface area contributed by atoms with Crippen LogP contribution in [0.4, 0.5) is 0 Å². The number of amides is 1. The van der Waals surface area contributed by atoms with E-state index in [-0.39, 0.29) is 18.0 Å². The molecule has 0 radical (unpaired) electrons. The Hall–Kier alpha value is -0.310. The Morgan fingerprint density at radius 2 is 1.82 bits per heavy atom. The molecule has 6 nitrogen and oxygen atoms in total. The predicted molar refractivity (Wildman–Crippen MR) is 89.7 cm³/mol. The van der Waals surface area contributed by atoms with Gasteiger partial charge in [-0.2, -0.15) is 17.0 Å². The lowest BCUT2D eigenvalue weighted by atomic mass is 10.2. The summed E-state index contributed by atoms with van der Waals surface area (Å²) in [6.07, 6.45) is 2.18. The van der Waals surface area contributed by atoms with Crippen molar-refractivity contribution in [2.45, 2.75) is 51.7 Å². The fourth-order valence-corrected chi connectivity index (χ4v) is 5.86. The van der Waals surface area contributed by atoms with Crippen molar-refractivity contribution in [1.82, 2.24) is 13.5 Å². The lowest BCUT2D eigenvalue weighted by Crippen LogP contribution is -2.54. The molecule has 1 heterocycles. The Morgan fingerprint density at radius 1 is 1.23 bits per heavy atom. The molecule has 8 heteroatoms. The van der Waals surface area contributed by atoms with Gasteiger partial charge < -0.3 is 4.90 Å². The van der Waals surface area contributed by atoms with Gasteiger partial charge in [-0.25, -0.2) is 0 Å². The van der Waals surface area contributed by atoms with Gasteiger partial charge in [0.25, 0.3) is 10.2 Å². The Morgan fingerprint density at radius 3 is 2.32 bits per heavy atom. The molecule has 1 saturated carbocycles. The molecule has 1 aliphatic heterocycles. The Bertz CT molecular complexity index is 519. The molecular formula is C14H27N3O3S2. The number of carbonyl (C=O) groups excluding carboxylic acids is 1. The van der Waals surface area contributed by atoms with Gasteiger partial charge >= 0.3 is 0 Å². The highest BCUT2D eigenvalue weighted by atomic mass is 32.2. The summed E-state index contributed by atoms with van der Waals surface area (Å²) in [7, 11) is -0.231. The Labute approximate surface area is 138 Å². The third-order valence-electron chi connectivity index (χ3n) is 4.79. The monoisotopic (exact) mass is 349 g/mol. The van der Waals surface area contributed by atoms with Crippen LogP contribution >= 0.6 is 11.8 Å². The molecule has 0 aromatic rings. The van der Waals surface area contributed by atoms with Crippen LogP contribution in [0, 0.1) is 5.92 Å². The molecule has 0 spiro atoms. The minimum Gasteiger partial charge on any atom is -0.342 e. The largest absolute Gasteiger partial charge is 0.342 e. The highest BCUT2D eigenvalue weighted by Crippen LogP contribution is 2.37. The summed E-state index contributed by atoms with van der Waals surface area (Å²) >= 11 is 1.50. The van der Waals surface area contributed by atoms with Crippen molar-refractivity contribution < 1.29 is 13.2 Å². The lowest BCUT2D eigenvalue weighted by molar-refractivity contribution is -0.134. The van der Waals surface area contributed by atoms with Gasteiger partial charge in [-0.1, -0.05) is 0 Å². The lowest BCUT2D eigenvalue weighted by Gasteiger charge is -2.33. The summed E-state index contributed by atoms with van der Waals surface area (Å²) in [5.74, 6) is 1.23. The molecule has 1 aliphatic carbocycles. The predicted octanol–water partition coefficient (Wildman–Crippen LogP) is 1.20. The van der Waals surface area contributed by atoms with Crippen LogP contribution in [0.1, 0.15) is 33.6 Å². The van der Waals surface area contributed by atoms with E-state index in [0.29, 0.717) is 17.5 Å². The van der Waals surface area contributed by atoms with E-state index < -0.39 is 16.3 Å². The molecular weight excluding hydrogens is 322 g/mol. The number of hydrogen-bond acceptors (Lipinski definition) is 4. The van der Waals surface area contributed by atoms with Crippen LogP contribution in [0.25, 0.3) is 0 Å². The van der Waals surface area contributed by atoms with E-state index in [1.54, 1.807) is 19.0 Å². The summed E-state index contributed by atoms with van der Waals surface area (Å²) in [5.41, 5.74) is 0. The first-order valence-electron chi connectivity index (χ1n) is 7.77. The highest BCUT2D eigenvalue weighted by molar-refractivity contribution is 8.00. The number of likely N-dealkylation sites (N-methyl/N-ethyl adjacent to an activating group) is 1. The molecule has 1 saturated heterocycles. The van der Waals surface area contributed by atoms with Crippen molar-refractivity contribution in [2.75, 3.05) is 25.7 Å². The molecule has 0 aromatic carbocycles. The number of hydrogen-bond donors (Lipinski definition) is 0. The fraction of sp³-hybridized carbons (Fsp3) is 0.929. The van der Waals surface area contributed by atoms with Crippen LogP contribution in [0.2, 0.25) is 0 Å². The van der Waals surface area contributed by atoms with Crippen molar-refractivity contribution in [2.24, 2.45) is 5.92 Å². The molecule has 2 atom stereocenters. The van der Waals surface area contributed by atoms with E-state index in [9.17, 15) is 13.2 Å². The second-order valence-electron chi connectivity index (χ2n) is 6.55. The van der Waals surface area contributed by atoms with Gasteiger partial charge in [0, 0.05) is 31.9 Å². The molecule has 2 fully saturated rings. The van der Waals surface area contributed by atoms with Gasteiger partial charge in [-0.15, -0.1) is 11.8 Å². The van der Waals surface area contributed by atoms with E-state index in [1.807, 2.05) is 20.8 Å². The van der Waals surface area contributed by atoms with Gasteiger partial charge in [-0.05, 0) is 39.5 Å². The summed E-state index contributed by atoms with van der Waals surface area (Å²) < 4.78 is 28.6. The topological polar surface area (TPSA) is 60.9 Å². The zero-order valence-corrected chi connectivity index (χ0v) is 15.7. The standard InChI is InChI=1S/C14H27N3O3S2/c1-10(2)15(4)14(18)13-8-21-9-17(13)22(19,20)16(5)11(3)12-6-7-12/h10-13H,6-9H2,1-5H3/t11-,13+/m0/s1. The minimum atomic E-state index is -3.60. The first-order valence-corrected chi connectivity index (χ1v) is 10.3. The number of nitrogens with zero attached hydrogens (tertiary/aromatic N) is 3. The van der Waals surface area contributed by atoms with Gasteiger partial charge in [0.2, 0.25) is 5.91 Å². The third-order valence-corrected chi connectivity index (χ3v) is 8.00. The molecule has 2 rings (SSSR count). The van der Waals surface area contributed by atoms with Gasteiger partial charge in [0.05, 0.1) is 5.88 Å². The van der Waals surface area contributed by atoms with Crippen LogP contribution in [0.15, 0.2) is 0 Å². The van der Waals surface area contributed by atoms with Crippen LogP contribution in [-0.2, 0) is 15.0 Å². The zero-order chi connectivity index (χ0) is 16.7. The number of rotatable bonds is 6. The molecule has 22 heavy (non-hydrogen) atoms. The SMILES string of the molecule is CC(C)N(C)C(=O)[C@H]1CSCN1S(=O)(=O)N(C)[C@@H](C)C1CC1. The molecule has 2 aliphatic rings. The number of thioether (sulfide) groups is 1. The summed E-state index contributed by atoms with van der Waals surface area (Å²) in [4.78, 5) is 14.2. The minimum absolute atomic E-state index is 0.00539. The van der Waals surface area contributed by atoms with Crippen LogP contribution in [0.5, 0.6) is 0 Å². The van der Waals surface area contributed by atoms with Gasteiger partial charge in [0.1, 0.15) is 6.04 Å². The third kappa shape index (κ3) is 3.44. The molecule has 128 valence electrons. The summed E-state index contributed by atoms with van der Waals surface area (Å²) in [6, 6.07) is -0.531. The van der Waals surface area contributed by atoms with E-state index in [2.05, 4.69) is 0 Å². The maximum absolute atomic E-state index is 12.9. The van der Waals surface area contributed by atoms with Crippen LogP contribution in [-0.4, -0.2) is 71.7 Å². The Balaban J connectivity index is 2.16. The average Bonchev–Trinajstić information content (AvgIpc) is 3.19. The molecule has 0 bridgehead atoms. The summed E-state index contributed by atoms with van der Waals surface area (Å²) in [5, 5.41) is 0. The van der Waals surface area contributed by atoms with Crippen molar-refractivity contribution in [3.05, 3.63) is 0 Å². The van der Waals surface area contributed by atoms with Gasteiger partial charge in [0.15, 0.2) is 0 Å². The second kappa shape index (κ2) is 6.67. The average molecular weight is 350 g/mol. The maximum atomic E-state index is 12.9. The van der Waals surface area contributed by atoms with E-state index in [1.165, 1.54) is 20.4 Å². The van der Waals surface area contributed by atoms with E-state index >= 15 is 0 Å². The number of carbonyl (C=O) groups is 1. The molecule has 0 N–H and O–H groups in total. The van der Waals surface area contributed by atoms with Crippen LogP contribution < -0.4 is 0 Å². The molecule has 1 amide bonds.